The van der Waals surface area contributed by atoms with Crippen LogP contribution < -0.4 is 10.1 Å². The number of quaternary nitrogens is 1. The van der Waals surface area contributed by atoms with Crippen molar-refractivity contribution in [2.24, 2.45) is 5.92 Å². The van der Waals surface area contributed by atoms with Crippen molar-refractivity contribution in [3.8, 4) is 0 Å². The maximum atomic E-state index is 13.4. The number of unbranched alkanes of at least 4 members (excludes halogenated alkanes) is 6. The standard InChI is InChI=1S/C25H42N2O4/c1-6-9-11-13-18-30-27(25(29)21(4)5,31-19-14-12-10-7-2)23-17-15-16-22(20-23)26-24(28)8-3/h15-17,20-21H,6-14,18-19H2,1-5H3/p+1. The van der Waals surface area contributed by atoms with Crippen molar-refractivity contribution >= 4 is 23.2 Å². The first-order valence-corrected chi connectivity index (χ1v) is 12.0. The summed E-state index contributed by atoms with van der Waals surface area (Å²) in [5.41, 5.74) is 1.21. The lowest BCUT2D eigenvalue weighted by atomic mass is 10.2. The lowest BCUT2D eigenvalue weighted by Gasteiger charge is -2.31. The molecule has 0 saturated heterocycles. The molecule has 1 aromatic rings. The SMILES string of the molecule is CCCCCCO[N+](OCCCCCC)(C(=O)C(C)C)c1cccc(NC(=O)CC)c1. The van der Waals surface area contributed by atoms with E-state index in [2.05, 4.69) is 19.2 Å². The van der Waals surface area contributed by atoms with E-state index < -0.39 is 4.81 Å². The number of nitrogens with zero attached hydrogens (tertiary/aromatic N) is 1. The van der Waals surface area contributed by atoms with E-state index in [1.54, 1.807) is 13.0 Å². The number of amides is 2. The number of hydroxylamine groups is 2. The zero-order valence-corrected chi connectivity index (χ0v) is 20.2. The molecule has 0 atom stereocenters. The Kier molecular flexibility index (Phi) is 13.3. The van der Waals surface area contributed by atoms with Crippen LogP contribution >= 0.6 is 0 Å². The molecule has 6 heteroatoms. The molecule has 1 rings (SSSR count). The molecule has 176 valence electrons. The third kappa shape index (κ3) is 9.09. The lowest BCUT2D eigenvalue weighted by Crippen LogP contribution is -2.56. The molecule has 0 fully saturated rings. The number of hydrogen-bond acceptors (Lipinski definition) is 4. The molecule has 0 aliphatic carbocycles. The van der Waals surface area contributed by atoms with E-state index in [9.17, 15) is 9.59 Å². The summed E-state index contributed by atoms with van der Waals surface area (Å²) in [6.45, 7) is 10.7. The molecule has 31 heavy (non-hydrogen) atoms. The molecule has 0 aromatic heterocycles. The average molecular weight is 436 g/mol. The molecule has 0 saturated carbocycles. The maximum Gasteiger partial charge on any atom is 0.387 e. The second-order valence-electron chi connectivity index (χ2n) is 8.28. The Hall–Kier alpha value is -1.76. The Labute approximate surface area is 188 Å². The highest BCUT2D eigenvalue weighted by Crippen LogP contribution is 2.31. The van der Waals surface area contributed by atoms with Gasteiger partial charge >= 0.3 is 5.91 Å². The van der Waals surface area contributed by atoms with E-state index >= 15 is 0 Å². The van der Waals surface area contributed by atoms with Crippen LogP contribution in [-0.2, 0) is 19.3 Å². The van der Waals surface area contributed by atoms with Gasteiger partial charge in [0.2, 0.25) is 11.6 Å². The summed E-state index contributed by atoms with van der Waals surface area (Å²) in [5.74, 6) is -0.503. The summed E-state index contributed by atoms with van der Waals surface area (Å²) < 4.78 is 0. The number of benzene rings is 1. The molecule has 0 aliphatic rings. The number of rotatable bonds is 16. The van der Waals surface area contributed by atoms with Crippen LogP contribution in [0.5, 0.6) is 0 Å². The molecule has 0 heterocycles. The van der Waals surface area contributed by atoms with E-state index in [-0.39, 0.29) is 17.7 Å². The fourth-order valence-electron chi connectivity index (χ4n) is 3.24. The zero-order valence-electron chi connectivity index (χ0n) is 20.2. The van der Waals surface area contributed by atoms with Crippen LogP contribution in [0.3, 0.4) is 0 Å². The first-order chi connectivity index (χ1) is 14.9. The first kappa shape index (κ1) is 27.3. The van der Waals surface area contributed by atoms with E-state index in [1.807, 2.05) is 32.0 Å². The van der Waals surface area contributed by atoms with Crippen molar-refractivity contribution in [1.82, 2.24) is 4.81 Å². The molecule has 6 nitrogen and oxygen atoms in total. The van der Waals surface area contributed by atoms with Gasteiger partial charge < -0.3 is 5.32 Å². The summed E-state index contributed by atoms with van der Waals surface area (Å²) in [4.78, 5) is 37.2. The van der Waals surface area contributed by atoms with Crippen molar-refractivity contribution in [2.45, 2.75) is 92.4 Å². The van der Waals surface area contributed by atoms with Crippen molar-refractivity contribution in [3.63, 3.8) is 0 Å². The van der Waals surface area contributed by atoms with E-state index in [0.717, 1.165) is 51.4 Å². The summed E-state index contributed by atoms with van der Waals surface area (Å²) in [6, 6.07) is 7.25. The molecule has 1 N–H and O–H groups in total. The van der Waals surface area contributed by atoms with Gasteiger partial charge in [0, 0.05) is 24.2 Å². The van der Waals surface area contributed by atoms with Crippen LogP contribution in [0.1, 0.15) is 92.4 Å². The van der Waals surface area contributed by atoms with Crippen LogP contribution in [0.4, 0.5) is 11.4 Å². The fourth-order valence-corrected chi connectivity index (χ4v) is 3.24. The highest BCUT2D eigenvalue weighted by Gasteiger charge is 2.46. The van der Waals surface area contributed by atoms with Gasteiger partial charge in [-0.25, -0.2) is 4.79 Å². The maximum absolute atomic E-state index is 13.4. The molecule has 2 amide bonds. The second-order valence-corrected chi connectivity index (χ2v) is 8.28. The van der Waals surface area contributed by atoms with Crippen LogP contribution in [0.15, 0.2) is 24.3 Å². The first-order valence-electron chi connectivity index (χ1n) is 12.0. The van der Waals surface area contributed by atoms with Crippen molar-refractivity contribution < 1.29 is 19.3 Å². The van der Waals surface area contributed by atoms with Gasteiger partial charge in [0.25, 0.3) is 0 Å². The Morgan fingerprint density at radius 2 is 1.48 bits per heavy atom. The molecule has 0 unspecified atom stereocenters. The minimum Gasteiger partial charge on any atom is -0.326 e. The van der Waals surface area contributed by atoms with Crippen molar-refractivity contribution in [1.29, 1.82) is 0 Å². The van der Waals surface area contributed by atoms with Gasteiger partial charge in [-0.1, -0.05) is 65.4 Å². The van der Waals surface area contributed by atoms with Gasteiger partial charge in [-0.3, -0.25) is 4.79 Å². The third-order valence-electron chi connectivity index (χ3n) is 5.12. The largest absolute Gasteiger partial charge is 0.387 e. The molecule has 0 radical (unpaired) electrons. The molecule has 0 aliphatic heterocycles. The van der Waals surface area contributed by atoms with E-state index in [4.69, 9.17) is 9.68 Å². The Balaban J connectivity index is 3.20. The third-order valence-corrected chi connectivity index (χ3v) is 5.12. The van der Waals surface area contributed by atoms with Crippen LogP contribution in [0, 0.1) is 5.92 Å². The molecule has 0 spiro atoms. The summed E-state index contributed by atoms with van der Waals surface area (Å²) >= 11 is 0. The highest BCUT2D eigenvalue weighted by atomic mass is 17.0. The van der Waals surface area contributed by atoms with Gasteiger partial charge in [0.1, 0.15) is 13.2 Å². The topological polar surface area (TPSA) is 64.6 Å². The summed E-state index contributed by atoms with van der Waals surface area (Å²) in [6.07, 6.45) is 8.77. The number of carbonyl (C=O) groups excluding carboxylic acids is 2. The smallest absolute Gasteiger partial charge is 0.326 e. The fraction of sp³-hybridized carbons (Fsp3) is 0.680. The molecular weight excluding hydrogens is 392 g/mol. The predicted molar refractivity (Wildman–Crippen MR) is 127 cm³/mol. The molecular formula is C25H43N2O4+. The number of hydrogen-bond donors (Lipinski definition) is 1. The second kappa shape index (κ2) is 15.1. The van der Waals surface area contributed by atoms with Gasteiger partial charge in [0.05, 0.1) is 10.7 Å². The van der Waals surface area contributed by atoms with E-state index in [0.29, 0.717) is 31.0 Å². The normalized spacial score (nSPS) is 11.7. The quantitative estimate of drug-likeness (QED) is 0.182. The Morgan fingerprint density at radius 1 is 0.903 bits per heavy atom. The minimum atomic E-state index is -0.592. The van der Waals surface area contributed by atoms with Crippen LogP contribution in [-0.4, -0.2) is 25.0 Å². The molecule has 0 bridgehead atoms. The number of nitrogens with one attached hydrogen (secondary N) is 1. The lowest BCUT2D eigenvalue weighted by molar-refractivity contribution is -0.331. The van der Waals surface area contributed by atoms with Gasteiger partial charge in [-0.15, -0.1) is 0 Å². The summed E-state index contributed by atoms with van der Waals surface area (Å²) in [5, 5.41) is 2.87. The Bertz CT molecular complexity index is 647. The van der Waals surface area contributed by atoms with Gasteiger partial charge in [-0.05, 0) is 32.8 Å². The number of carbonyl (C=O) groups is 2. The Morgan fingerprint density at radius 3 is 1.97 bits per heavy atom. The average Bonchev–Trinajstić information content (AvgIpc) is 2.77. The zero-order chi connectivity index (χ0) is 23.1. The monoisotopic (exact) mass is 435 g/mol. The highest BCUT2D eigenvalue weighted by molar-refractivity contribution is 5.92. The van der Waals surface area contributed by atoms with Crippen molar-refractivity contribution in [3.05, 3.63) is 24.3 Å². The van der Waals surface area contributed by atoms with Gasteiger partial charge in [-0.2, -0.15) is 9.68 Å². The predicted octanol–water partition coefficient (Wildman–Crippen LogP) is 6.55. The van der Waals surface area contributed by atoms with Crippen molar-refractivity contribution in [2.75, 3.05) is 18.5 Å². The van der Waals surface area contributed by atoms with E-state index in [1.165, 1.54) is 0 Å². The van der Waals surface area contributed by atoms with Crippen LogP contribution in [0.2, 0.25) is 0 Å². The summed E-state index contributed by atoms with van der Waals surface area (Å²) in [7, 11) is 0. The molecule has 1 aromatic carbocycles. The number of anilines is 1. The minimum absolute atomic E-state index is 0.0774. The van der Waals surface area contributed by atoms with Gasteiger partial charge in [0.15, 0.2) is 0 Å². The van der Waals surface area contributed by atoms with Crippen LogP contribution in [0.25, 0.3) is 0 Å².